The number of aliphatic hydroxyl groups excluding tert-OH is 2. The molecule has 0 radical (unpaired) electrons. The number of rotatable bonds is 12. The topological polar surface area (TPSA) is 257 Å². The van der Waals surface area contributed by atoms with Crippen molar-refractivity contribution < 1.29 is 39.0 Å². The fourth-order valence-electron chi connectivity index (χ4n) is 7.75. The molecule has 3 aromatic rings. The molecule has 0 bridgehead atoms. The Kier molecular flexibility index (Phi) is 18.3. The van der Waals surface area contributed by atoms with E-state index in [0.717, 1.165) is 41.3 Å². The van der Waals surface area contributed by atoms with E-state index in [-0.39, 0.29) is 50.5 Å². The van der Waals surface area contributed by atoms with E-state index < -0.39 is 70.6 Å². The third-order valence-corrected chi connectivity index (χ3v) is 14.4. The third kappa shape index (κ3) is 13.9. The average Bonchev–Trinajstić information content (AvgIpc) is 3.66. The van der Waals surface area contributed by atoms with Crippen LogP contribution in [0, 0.1) is 0 Å². The molecule has 16 nitrogen and oxygen atoms in total. The smallest absolute Gasteiger partial charge is 0.245 e. The maximum atomic E-state index is 14.5. The third-order valence-electron chi connectivity index (χ3n) is 11.1. The molecule has 11 N–H and O–H groups in total. The molecule has 2 heterocycles. The van der Waals surface area contributed by atoms with E-state index in [0.29, 0.717) is 32.2 Å². The van der Waals surface area contributed by atoms with Crippen molar-refractivity contribution in [3.05, 3.63) is 71.9 Å². The Bertz CT molecular complexity index is 1940. The molecule has 1 saturated carbocycles. The molecule has 2 aromatic carbocycles. The van der Waals surface area contributed by atoms with Crippen molar-refractivity contribution >= 4 is 67.9 Å². The van der Waals surface area contributed by atoms with Crippen LogP contribution in [0.5, 0.6) is 0 Å². The number of unbranched alkanes of at least 4 members (excludes halogenated alkanes) is 1. The molecule has 1 spiro atoms. The summed E-state index contributed by atoms with van der Waals surface area (Å²) >= 11 is 0. The van der Waals surface area contributed by atoms with Gasteiger partial charge in [-0.25, -0.2) is 0 Å². The van der Waals surface area contributed by atoms with Gasteiger partial charge in [0.25, 0.3) is 0 Å². The lowest BCUT2D eigenvalue weighted by Gasteiger charge is -2.36. The monoisotopic (exact) mass is 880 g/mol. The number of carbonyl (C=O) groups is 6. The van der Waals surface area contributed by atoms with Crippen LogP contribution in [0.3, 0.4) is 0 Å². The largest absolute Gasteiger partial charge is 0.395 e. The highest BCUT2D eigenvalue weighted by Gasteiger charge is 2.39. The number of carbonyl (C=O) groups excluding carboxylic acids is 6. The van der Waals surface area contributed by atoms with Crippen LogP contribution in [0.4, 0.5) is 0 Å². The summed E-state index contributed by atoms with van der Waals surface area (Å²) in [6, 6.07) is 10.6. The molecule has 6 atom stereocenters. The fourth-order valence-corrected chi connectivity index (χ4v) is 11.1. The van der Waals surface area contributed by atoms with E-state index in [9.17, 15) is 39.0 Å². The highest BCUT2D eigenvalue weighted by molar-refractivity contribution is 8.77. The molecule has 18 heteroatoms. The van der Waals surface area contributed by atoms with Gasteiger partial charge in [-0.2, -0.15) is 0 Å². The minimum Gasteiger partial charge on any atom is -0.395 e. The van der Waals surface area contributed by atoms with Gasteiger partial charge in [-0.05, 0) is 62.8 Å². The predicted octanol–water partition coefficient (Wildman–Crippen LogP) is 1.48. The van der Waals surface area contributed by atoms with Gasteiger partial charge in [0.15, 0.2) is 0 Å². The molecule has 1 saturated heterocycles. The van der Waals surface area contributed by atoms with E-state index in [1.807, 2.05) is 54.6 Å². The van der Waals surface area contributed by atoms with Crippen molar-refractivity contribution in [2.24, 2.45) is 5.73 Å². The lowest BCUT2D eigenvalue weighted by molar-refractivity contribution is -0.136. The van der Waals surface area contributed by atoms with E-state index in [1.165, 1.54) is 28.5 Å². The number of hydrogen-bond acceptors (Lipinski definition) is 11. The number of para-hydroxylation sites is 1. The Balaban J connectivity index is 1.54. The van der Waals surface area contributed by atoms with Crippen LogP contribution in [0.1, 0.15) is 75.8 Å². The Morgan fingerprint density at radius 3 is 2.21 bits per heavy atom. The van der Waals surface area contributed by atoms with Crippen molar-refractivity contribution in [2.75, 3.05) is 25.4 Å². The highest BCUT2D eigenvalue weighted by Crippen LogP contribution is 2.48. The first-order chi connectivity index (χ1) is 29.4. The molecule has 1 aliphatic carbocycles. The maximum absolute atomic E-state index is 14.5. The number of amides is 6. The van der Waals surface area contributed by atoms with Crippen LogP contribution in [-0.4, -0.2) is 117 Å². The van der Waals surface area contributed by atoms with E-state index in [1.54, 1.807) is 6.20 Å². The second kappa shape index (κ2) is 23.6. The lowest BCUT2D eigenvalue weighted by atomic mass is 9.85. The van der Waals surface area contributed by atoms with Gasteiger partial charge in [-0.15, -0.1) is 0 Å². The summed E-state index contributed by atoms with van der Waals surface area (Å²) in [5, 5.41) is 37.7. The summed E-state index contributed by atoms with van der Waals surface area (Å²) < 4.78 is -0.551. The number of fused-ring (bicyclic) bond motifs is 1. The Hall–Kier alpha value is -4.62. The predicted molar refractivity (Wildman–Crippen MR) is 237 cm³/mol. The Labute approximate surface area is 364 Å². The van der Waals surface area contributed by atoms with E-state index in [2.05, 4.69) is 36.9 Å². The quantitative estimate of drug-likeness (QED) is 0.0921. The van der Waals surface area contributed by atoms with Gasteiger partial charge in [0, 0.05) is 53.4 Å². The van der Waals surface area contributed by atoms with Crippen molar-refractivity contribution in [3.63, 3.8) is 0 Å². The summed E-state index contributed by atoms with van der Waals surface area (Å²) in [7, 11) is 2.78. The molecular weight excluding hydrogens is 821 g/mol. The maximum Gasteiger partial charge on any atom is 0.245 e. The van der Waals surface area contributed by atoms with Gasteiger partial charge in [0.05, 0.1) is 12.7 Å². The minimum absolute atomic E-state index is 0.0279. The fraction of sp³-hybridized carbons (Fsp3) is 0.535. The van der Waals surface area contributed by atoms with Gasteiger partial charge < -0.3 is 52.8 Å². The molecule has 5 rings (SSSR count). The zero-order valence-corrected chi connectivity index (χ0v) is 36.2. The van der Waals surface area contributed by atoms with Crippen molar-refractivity contribution in [3.8, 4) is 0 Å². The van der Waals surface area contributed by atoms with Gasteiger partial charge >= 0.3 is 0 Å². The number of aromatic amines is 1. The first-order valence-electron chi connectivity index (χ1n) is 21.1. The molecule has 2 fully saturated rings. The summed E-state index contributed by atoms with van der Waals surface area (Å²) in [4.78, 5) is 87.6. The zero-order valence-electron chi connectivity index (χ0n) is 34.6. The van der Waals surface area contributed by atoms with Gasteiger partial charge in [0.2, 0.25) is 35.4 Å². The highest BCUT2D eigenvalue weighted by atomic mass is 33.1. The number of H-pyrrole nitrogens is 1. The molecule has 2 aliphatic rings. The summed E-state index contributed by atoms with van der Waals surface area (Å²) in [6.45, 7) is 1.26. The van der Waals surface area contributed by atoms with Gasteiger partial charge in [-0.1, -0.05) is 89.4 Å². The van der Waals surface area contributed by atoms with E-state index in [4.69, 9.17) is 5.73 Å². The van der Waals surface area contributed by atoms with Crippen molar-refractivity contribution in [2.45, 2.75) is 119 Å². The van der Waals surface area contributed by atoms with Crippen LogP contribution in [0.2, 0.25) is 0 Å². The molecule has 6 amide bonds. The lowest BCUT2D eigenvalue weighted by Crippen LogP contribution is -2.61. The second-order valence-electron chi connectivity index (χ2n) is 15.9. The molecule has 1 aliphatic heterocycles. The summed E-state index contributed by atoms with van der Waals surface area (Å²) in [5.74, 6) is -3.73. The van der Waals surface area contributed by atoms with Crippen LogP contribution in [0.15, 0.2) is 60.8 Å². The van der Waals surface area contributed by atoms with Crippen molar-refractivity contribution in [1.82, 2.24) is 36.9 Å². The second-order valence-corrected chi connectivity index (χ2v) is 18.7. The normalized spacial score (nSPS) is 24.1. The van der Waals surface area contributed by atoms with Crippen LogP contribution in [-0.2, 0) is 41.6 Å². The van der Waals surface area contributed by atoms with Gasteiger partial charge in [0.1, 0.15) is 30.2 Å². The van der Waals surface area contributed by atoms with Crippen LogP contribution in [0.25, 0.3) is 10.9 Å². The average molecular weight is 881 g/mol. The SMILES string of the molecule is C[C@@H](O)[C@@H]1NC(=O)[C@H](CCCCN)NC(=O)[C@@H](Cc2c[nH]c3ccccc23)NC(=O)[C@H](Cc2ccccc2)NC(=O)CC2(CCCCC2)SSC[C@@H](C(=O)NCCO)NC1=O. The number of benzene rings is 2. The number of nitrogens with two attached hydrogens (primary N) is 1. The van der Waals surface area contributed by atoms with E-state index >= 15 is 0 Å². The summed E-state index contributed by atoms with van der Waals surface area (Å²) in [6.07, 6.45) is 5.82. The number of aromatic nitrogens is 1. The first kappa shape index (κ1) is 47.4. The Morgan fingerprint density at radius 2 is 1.51 bits per heavy atom. The minimum atomic E-state index is -1.52. The molecular formula is C43H60N8O8S2. The van der Waals surface area contributed by atoms with Crippen LogP contribution < -0.4 is 37.6 Å². The standard InChI is InChI=1S/C43H60N8O8S2/c1-27(53)37-42(59)50-35(38(55)45-20-21-52)26-60-61-43(17-9-3-10-18-43)24-36(54)47-33(22-28-12-4-2-5-13-28)40(57)49-34(23-29-25-46-31-15-7-6-14-30(29)31)41(58)48-32(39(56)51-37)16-8-11-19-44/h2,4-7,12-15,25,27,32-35,37,46,52-53H,3,8-11,16-24,26,44H2,1H3,(H,45,55)(H,47,54)(H,48,58)(H,49,57)(H,50,59)(H,51,56)/t27-,32+,33+,34-,35+,37+/m1/s1. The van der Waals surface area contributed by atoms with Crippen LogP contribution >= 0.6 is 21.6 Å². The number of nitrogens with one attached hydrogen (secondary N) is 7. The van der Waals surface area contributed by atoms with Gasteiger partial charge in [-0.3, -0.25) is 28.8 Å². The molecule has 0 unspecified atom stereocenters. The molecule has 61 heavy (non-hydrogen) atoms. The molecule has 332 valence electrons. The summed E-state index contributed by atoms with van der Waals surface area (Å²) in [5.41, 5.74) is 8.13. The molecule has 1 aromatic heterocycles. The zero-order chi connectivity index (χ0) is 43.8. The number of hydrogen-bond donors (Lipinski definition) is 10. The first-order valence-corrected chi connectivity index (χ1v) is 23.4. The Morgan fingerprint density at radius 1 is 0.836 bits per heavy atom. The van der Waals surface area contributed by atoms with Crippen molar-refractivity contribution in [1.29, 1.82) is 0 Å². The number of aliphatic hydroxyl groups is 2.